The van der Waals surface area contributed by atoms with Gasteiger partial charge in [0.25, 0.3) is 0 Å². The van der Waals surface area contributed by atoms with E-state index in [1.807, 2.05) is 0 Å². The van der Waals surface area contributed by atoms with E-state index in [2.05, 4.69) is 81.4 Å². The summed E-state index contributed by atoms with van der Waals surface area (Å²) in [5.74, 6) is 5.11. The maximum absolute atomic E-state index is 12.5. The molecular weight excluding hydrogens is 755 g/mol. The van der Waals surface area contributed by atoms with Gasteiger partial charge in [0.05, 0.1) is 35.6 Å². The lowest BCUT2D eigenvalue weighted by molar-refractivity contribution is -0.167. The minimum absolute atomic E-state index is 0.0463. The predicted octanol–water partition coefficient (Wildman–Crippen LogP) is 11.5. The Morgan fingerprint density at radius 1 is 0.574 bits per heavy atom. The Bertz CT molecular complexity index is 1510. The van der Waals surface area contributed by atoms with Gasteiger partial charge in [-0.25, -0.2) is 0 Å². The van der Waals surface area contributed by atoms with Gasteiger partial charge in [0.2, 0.25) is 0 Å². The summed E-state index contributed by atoms with van der Waals surface area (Å²) in [6.45, 7) is 23.5. The quantitative estimate of drug-likeness (QED) is 0.103. The topological polar surface area (TPSA) is 99.4 Å². The van der Waals surface area contributed by atoms with E-state index < -0.39 is 23.4 Å². The van der Waals surface area contributed by atoms with Crippen molar-refractivity contribution in [2.75, 3.05) is 0 Å². The third-order valence-corrected chi connectivity index (χ3v) is 21.5. The molecule has 8 rings (SSSR count). The molecule has 1 radical (unpaired) electrons. The van der Waals surface area contributed by atoms with Crippen LogP contribution in [0.2, 0.25) is 0 Å². The number of fused-ring (bicyclic) bond motifs is 10. The van der Waals surface area contributed by atoms with Gasteiger partial charge >= 0.3 is 7.69 Å². The average Bonchev–Trinajstić information content (AvgIpc) is 3.77. The molecule has 0 spiro atoms. The highest BCUT2D eigenvalue weighted by molar-refractivity contribution is 6.18. The van der Waals surface area contributed by atoms with Crippen LogP contribution in [0.5, 0.6) is 0 Å². The van der Waals surface area contributed by atoms with Crippen molar-refractivity contribution in [3.63, 3.8) is 0 Å². The summed E-state index contributed by atoms with van der Waals surface area (Å²) in [7, 11) is 1.65. The van der Waals surface area contributed by atoms with Crippen LogP contribution in [0.15, 0.2) is 23.3 Å². The Balaban J connectivity index is 1.04. The Morgan fingerprint density at radius 3 is 1.34 bits per heavy atom. The van der Waals surface area contributed by atoms with Crippen LogP contribution in [-0.2, 0) is 9.31 Å². The van der Waals surface area contributed by atoms with Gasteiger partial charge in [-0.05, 0) is 223 Å². The van der Waals surface area contributed by atoms with Crippen LogP contribution < -0.4 is 0 Å². The third kappa shape index (κ3) is 7.87. The van der Waals surface area contributed by atoms with E-state index in [4.69, 9.17) is 9.31 Å². The fourth-order valence-electron chi connectivity index (χ4n) is 17.7. The molecule has 0 bridgehead atoms. The summed E-state index contributed by atoms with van der Waals surface area (Å²) in [4.78, 5) is 0. The van der Waals surface area contributed by atoms with Crippen molar-refractivity contribution in [3.8, 4) is 0 Å². The zero-order valence-electron chi connectivity index (χ0n) is 40.6. The van der Waals surface area contributed by atoms with Crippen molar-refractivity contribution in [1.82, 2.24) is 0 Å². The average molecular weight is 846 g/mol. The van der Waals surface area contributed by atoms with E-state index in [1.54, 1.807) is 7.69 Å². The monoisotopic (exact) mass is 846 g/mol. The standard InChI is InChI=1S/C54H90BO6/c1-33(2)11-21-47(58)53(9,45-19-17-41-39-15-13-35-31-37(56)23-27-49(35,5)43(39)25-29-51(41,45)7)60-55-61-54(10,48(59)22-12-34(3)4)46-20-18-42-40-16-14-36-32-38(57)24-28-50(36,6)44(40)26-30-52(42,46)8/h13-14,33-34,37-48,56-59H,11-12,15-32H2,1-10H3/t37?,38?,39?,40?,41?,42?,43?,44?,45?,46?,47-,48-,49-,50-,51-,52-,53-,54-/m1/s1. The van der Waals surface area contributed by atoms with E-state index in [1.165, 1.54) is 36.8 Å². The molecule has 10 unspecified atom stereocenters. The molecule has 4 N–H and O–H groups in total. The normalized spacial score (nSPS) is 46.1. The summed E-state index contributed by atoms with van der Waals surface area (Å²) in [6, 6.07) is 0. The van der Waals surface area contributed by atoms with Crippen LogP contribution in [0, 0.1) is 80.8 Å². The molecule has 0 aromatic rings. The number of hydrogen-bond acceptors (Lipinski definition) is 6. The summed E-state index contributed by atoms with van der Waals surface area (Å²) < 4.78 is 14.3. The lowest BCUT2D eigenvalue weighted by atomic mass is 9.46. The Kier molecular flexibility index (Phi) is 13.2. The molecule has 0 aromatic carbocycles. The summed E-state index contributed by atoms with van der Waals surface area (Å²) >= 11 is 0. The molecule has 345 valence electrons. The third-order valence-electron chi connectivity index (χ3n) is 21.5. The molecule has 0 amide bonds. The minimum atomic E-state index is -0.821. The maximum atomic E-state index is 12.5. The Morgan fingerprint density at radius 2 is 0.967 bits per heavy atom. The molecule has 6 nitrogen and oxygen atoms in total. The first-order valence-corrected chi connectivity index (χ1v) is 26.0. The van der Waals surface area contributed by atoms with Crippen LogP contribution in [0.4, 0.5) is 0 Å². The molecule has 6 saturated carbocycles. The van der Waals surface area contributed by atoms with E-state index >= 15 is 0 Å². The second-order valence-electron chi connectivity index (χ2n) is 25.3. The van der Waals surface area contributed by atoms with E-state index in [-0.39, 0.29) is 45.7 Å². The smallest absolute Gasteiger partial charge is 0.405 e. The molecule has 6 fully saturated rings. The van der Waals surface area contributed by atoms with Gasteiger partial charge in [0.1, 0.15) is 0 Å². The van der Waals surface area contributed by atoms with Gasteiger partial charge in [-0.15, -0.1) is 0 Å². The fourth-order valence-corrected chi connectivity index (χ4v) is 17.7. The first-order chi connectivity index (χ1) is 28.7. The molecule has 0 aromatic heterocycles. The van der Waals surface area contributed by atoms with Crippen LogP contribution in [0.25, 0.3) is 0 Å². The largest absolute Gasteiger partial charge is 0.489 e. The van der Waals surface area contributed by atoms with Gasteiger partial charge in [-0.2, -0.15) is 0 Å². The maximum Gasteiger partial charge on any atom is 0.489 e. The summed E-state index contributed by atoms with van der Waals surface area (Å²) in [6.07, 6.45) is 23.9. The highest BCUT2D eigenvalue weighted by atomic mass is 16.6. The summed E-state index contributed by atoms with van der Waals surface area (Å²) in [5, 5.41) is 46.1. The van der Waals surface area contributed by atoms with E-state index in [0.717, 1.165) is 89.9 Å². The van der Waals surface area contributed by atoms with Crippen molar-refractivity contribution < 1.29 is 29.7 Å². The van der Waals surface area contributed by atoms with Crippen molar-refractivity contribution in [2.24, 2.45) is 80.8 Å². The highest BCUT2D eigenvalue weighted by Crippen LogP contribution is 2.70. The number of aliphatic hydroxyl groups excluding tert-OH is 4. The number of aliphatic hydroxyl groups is 4. The molecule has 0 saturated heterocycles. The van der Waals surface area contributed by atoms with Crippen LogP contribution in [0.1, 0.15) is 198 Å². The lowest BCUT2D eigenvalue weighted by Crippen LogP contribution is -2.59. The molecule has 7 heteroatoms. The second kappa shape index (κ2) is 17.2. The van der Waals surface area contributed by atoms with Crippen LogP contribution >= 0.6 is 0 Å². The highest BCUT2D eigenvalue weighted by Gasteiger charge is 2.65. The van der Waals surface area contributed by atoms with Gasteiger partial charge in [-0.3, -0.25) is 0 Å². The lowest BCUT2D eigenvalue weighted by Gasteiger charge is -2.60. The van der Waals surface area contributed by atoms with Gasteiger partial charge in [0, 0.05) is 0 Å². The first-order valence-electron chi connectivity index (χ1n) is 26.0. The van der Waals surface area contributed by atoms with Crippen molar-refractivity contribution >= 4 is 7.69 Å². The first kappa shape index (κ1) is 46.8. The molecule has 18 atom stereocenters. The van der Waals surface area contributed by atoms with Gasteiger partial charge in [-0.1, -0.05) is 78.7 Å². The molecular formula is C54H90BO6. The van der Waals surface area contributed by atoms with E-state index in [9.17, 15) is 20.4 Å². The minimum Gasteiger partial charge on any atom is -0.405 e. The zero-order valence-corrected chi connectivity index (χ0v) is 40.6. The zero-order chi connectivity index (χ0) is 43.9. The fraction of sp³-hybridized carbons (Fsp3) is 0.926. The van der Waals surface area contributed by atoms with Crippen LogP contribution in [-0.4, -0.2) is 63.7 Å². The Hall–Kier alpha value is -0.695. The molecule has 8 aliphatic carbocycles. The number of allylic oxidation sites excluding steroid dienone is 2. The second-order valence-corrected chi connectivity index (χ2v) is 25.3. The van der Waals surface area contributed by atoms with Crippen molar-refractivity contribution in [3.05, 3.63) is 23.3 Å². The van der Waals surface area contributed by atoms with Crippen LogP contribution in [0.3, 0.4) is 0 Å². The van der Waals surface area contributed by atoms with Crippen molar-refractivity contribution in [2.45, 2.75) is 233 Å². The van der Waals surface area contributed by atoms with Gasteiger partial charge < -0.3 is 29.7 Å². The molecule has 61 heavy (non-hydrogen) atoms. The molecule has 0 aliphatic heterocycles. The SMILES string of the molecule is CC(C)CC[C@@H](O)[C@](C)(O[B]O[C@](C)(C1CCC2C3CC=C4CC(O)CC[C@@]4(C)C3CC[C@]21C)[C@H](O)CCC(C)C)C1CCC2C3CC=C4CC(O)CC[C@@]4(C)C3CC[C@]21C. The van der Waals surface area contributed by atoms with Gasteiger partial charge in [0.15, 0.2) is 0 Å². The number of hydrogen-bond donors (Lipinski definition) is 4. The van der Waals surface area contributed by atoms with E-state index in [0.29, 0.717) is 60.2 Å². The Labute approximate surface area is 373 Å². The summed E-state index contributed by atoms with van der Waals surface area (Å²) in [5.41, 5.74) is 1.89. The van der Waals surface area contributed by atoms with Crippen molar-refractivity contribution in [1.29, 1.82) is 0 Å². The molecule has 8 aliphatic rings. The predicted molar refractivity (Wildman–Crippen MR) is 247 cm³/mol. The number of rotatable bonds is 14. The molecule has 0 heterocycles.